The first-order valence-corrected chi connectivity index (χ1v) is 4.78. The fraction of sp³-hybridized carbons (Fsp3) is 0.250. The monoisotopic (exact) mass is 217 g/mol. The zero-order valence-electron chi connectivity index (χ0n) is 9.11. The van der Waals surface area contributed by atoms with Crippen LogP contribution in [-0.4, -0.2) is 19.4 Å². The highest BCUT2D eigenvalue weighted by Gasteiger charge is 2.15. The maximum absolute atomic E-state index is 11.4. The molecule has 0 saturated heterocycles. The number of carbonyl (C=O) groups is 2. The SMILES string of the molecule is CCc1cc(C#N)c(C(=O)OC)cc1C=O. The van der Waals surface area contributed by atoms with E-state index in [1.807, 2.05) is 13.0 Å². The summed E-state index contributed by atoms with van der Waals surface area (Å²) in [7, 11) is 1.23. The molecule has 0 bridgehead atoms. The average Bonchev–Trinajstić information content (AvgIpc) is 2.35. The number of hydrogen-bond donors (Lipinski definition) is 0. The van der Waals surface area contributed by atoms with Gasteiger partial charge in [0, 0.05) is 5.56 Å². The van der Waals surface area contributed by atoms with E-state index in [9.17, 15) is 9.59 Å². The van der Waals surface area contributed by atoms with E-state index in [1.165, 1.54) is 13.2 Å². The number of aldehydes is 1. The topological polar surface area (TPSA) is 67.2 Å². The minimum absolute atomic E-state index is 0.129. The molecule has 82 valence electrons. The molecule has 0 aromatic heterocycles. The summed E-state index contributed by atoms with van der Waals surface area (Å²) in [5.41, 5.74) is 1.53. The van der Waals surface area contributed by atoms with Crippen molar-refractivity contribution in [1.82, 2.24) is 0 Å². The van der Waals surface area contributed by atoms with Crippen LogP contribution in [0.25, 0.3) is 0 Å². The molecule has 0 amide bonds. The Morgan fingerprint density at radius 3 is 2.69 bits per heavy atom. The van der Waals surface area contributed by atoms with Gasteiger partial charge in [0.2, 0.25) is 0 Å². The van der Waals surface area contributed by atoms with Crippen LogP contribution < -0.4 is 0 Å². The molecule has 4 heteroatoms. The third-order valence-corrected chi connectivity index (χ3v) is 2.31. The third kappa shape index (κ3) is 2.09. The molecule has 0 aliphatic heterocycles. The molecule has 0 aliphatic carbocycles. The van der Waals surface area contributed by atoms with Crippen LogP contribution >= 0.6 is 0 Å². The quantitative estimate of drug-likeness (QED) is 0.571. The number of ether oxygens (including phenoxy) is 1. The van der Waals surface area contributed by atoms with E-state index in [1.54, 1.807) is 6.07 Å². The third-order valence-electron chi connectivity index (χ3n) is 2.31. The second kappa shape index (κ2) is 5.08. The Morgan fingerprint density at radius 1 is 1.56 bits per heavy atom. The normalized spacial score (nSPS) is 9.31. The highest BCUT2D eigenvalue weighted by Crippen LogP contribution is 2.17. The van der Waals surface area contributed by atoms with Gasteiger partial charge in [-0.3, -0.25) is 4.79 Å². The van der Waals surface area contributed by atoms with Crippen LogP contribution in [0.15, 0.2) is 12.1 Å². The number of rotatable bonds is 3. The van der Waals surface area contributed by atoms with Crippen molar-refractivity contribution in [2.24, 2.45) is 0 Å². The van der Waals surface area contributed by atoms with Crippen molar-refractivity contribution in [2.75, 3.05) is 7.11 Å². The number of nitriles is 1. The van der Waals surface area contributed by atoms with E-state index >= 15 is 0 Å². The van der Waals surface area contributed by atoms with Crippen LogP contribution in [0.1, 0.15) is 38.8 Å². The fourth-order valence-electron chi connectivity index (χ4n) is 1.45. The lowest BCUT2D eigenvalue weighted by Gasteiger charge is -2.06. The fourth-order valence-corrected chi connectivity index (χ4v) is 1.45. The van der Waals surface area contributed by atoms with Crippen LogP contribution in [0.2, 0.25) is 0 Å². The molecule has 1 rings (SSSR count). The van der Waals surface area contributed by atoms with Gasteiger partial charge in [-0.1, -0.05) is 6.92 Å². The van der Waals surface area contributed by atoms with Crippen molar-refractivity contribution in [1.29, 1.82) is 5.26 Å². The molecule has 0 radical (unpaired) electrons. The Kier molecular flexibility index (Phi) is 3.78. The zero-order valence-corrected chi connectivity index (χ0v) is 9.11. The predicted molar refractivity (Wildman–Crippen MR) is 57.3 cm³/mol. The van der Waals surface area contributed by atoms with Crippen LogP contribution in [0.3, 0.4) is 0 Å². The number of aryl methyl sites for hydroxylation is 1. The van der Waals surface area contributed by atoms with Gasteiger partial charge in [0.05, 0.1) is 18.2 Å². The Bertz CT molecular complexity index is 472. The summed E-state index contributed by atoms with van der Waals surface area (Å²) in [6.45, 7) is 1.88. The molecule has 0 unspecified atom stereocenters. The molecule has 0 spiro atoms. The van der Waals surface area contributed by atoms with E-state index in [2.05, 4.69) is 4.74 Å². The van der Waals surface area contributed by atoms with Gasteiger partial charge in [-0.15, -0.1) is 0 Å². The lowest BCUT2D eigenvalue weighted by molar-refractivity contribution is 0.0600. The number of benzene rings is 1. The van der Waals surface area contributed by atoms with Crippen LogP contribution in [-0.2, 0) is 11.2 Å². The first kappa shape index (κ1) is 11.9. The maximum Gasteiger partial charge on any atom is 0.339 e. The molecule has 0 saturated carbocycles. The van der Waals surface area contributed by atoms with E-state index in [-0.39, 0.29) is 11.1 Å². The highest BCUT2D eigenvalue weighted by molar-refractivity contribution is 5.94. The van der Waals surface area contributed by atoms with Crippen molar-refractivity contribution < 1.29 is 14.3 Å². The molecule has 4 nitrogen and oxygen atoms in total. The molecule has 0 heterocycles. The molecule has 1 aromatic carbocycles. The van der Waals surface area contributed by atoms with Gasteiger partial charge in [-0.2, -0.15) is 5.26 Å². The molecule has 1 aromatic rings. The van der Waals surface area contributed by atoms with E-state index in [0.29, 0.717) is 18.3 Å². The first-order chi connectivity index (χ1) is 7.67. The van der Waals surface area contributed by atoms with Gasteiger partial charge in [-0.05, 0) is 24.1 Å². The van der Waals surface area contributed by atoms with Gasteiger partial charge in [0.25, 0.3) is 0 Å². The second-order valence-corrected chi connectivity index (χ2v) is 3.17. The second-order valence-electron chi connectivity index (χ2n) is 3.17. The summed E-state index contributed by atoms with van der Waals surface area (Å²) in [5.74, 6) is -0.609. The average molecular weight is 217 g/mol. The van der Waals surface area contributed by atoms with Crippen LogP contribution in [0.4, 0.5) is 0 Å². The Labute approximate surface area is 93.5 Å². The lowest BCUT2D eigenvalue weighted by Crippen LogP contribution is -2.07. The Morgan fingerprint density at radius 2 is 2.25 bits per heavy atom. The van der Waals surface area contributed by atoms with E-state index in [4.69, 9.17) is 5.26 Å². The van der Waals surface area contributed by atoms with Crippen molar-refractivity contribution in [3.8, 4) is 6.07 Å². The summed E-state index contributed by atoms with van der Waals surface area (Å²) in [5, 5.41) is 8.90. The Balaban J connectivity index is 3.44. The number of carbonyl (C=O) groups excluding carboxylic acids is 2. The molecular formula is C12H11NO3. The largest absolute Gasteiger partial charge is 0.465 e. The zero-order chi connectivity index (χ0) is 12.1. The highest BCUT2D eigenvalue weighted by atomic mass is 16.5. The van der Waals surface area contributed by atoms with Crippen molar-refractivity contribution in [3.05, 3.63) is 34.4 Å². The maximum atomic E-state index is 11.4. The minimum Gasteiger partial charge on any atom is -0.465 e. The van der Waals surface area contributed by atoms with Crippen molar-refractivity contribution in [2.45, 2.75) is 13.3 Å². The molecule has 0 N–H and O–H groups in total. The van der Waals surface area contributed by atoms with E-state index in [0.717, 1.165) is 5.56 Å². The predicted octanol–water partition coefficient (Wildman–Crippen LogP) is 1.72. The van der Waals surface area contributed by atoms with Gasteiger partial charge in [0.15, 0.2) is 0 Å². The summed E-state index contributed by atoms with van der Waals surface area (Å²) in [4.78, 5) is 22.2. The summed E-state index contributed by atoms with van der Waals surface area (Å²) in [6, 6.07) is 4.87. The summed E-state index contributed by atoms with van der Waals surface area (Å²) in [6.07, 6.45) is 1.30. The van der Waals surface area contributed by atoms with Crippen molar-refractivity contribution in [3.63, 3.8) is 0 Å². The van der Waals surface area contributed by atoms with Gasteiger partial charge in [0.1, 0.15) is 12.4 Å². The molecule has 16 heavy (non-hydrogen) atoms. The van der Waals surface area contributed by atoms with Gasteiger partial charge in [-0.25, -0.2) is 4.79 Å². The van der Waals surface area contributed by atoms with Crippen LogP contribution in [0, 0.1) is 11.3 Å². The Hall–Kier alpha value is -2.15. The van der Waals surface area contributed by atoms with E-state index < -0.39 is 5.97 Å². The standard InChI is InChI=1S/C12H11NO3/c1-3-8-4-9(6-13)11(12(15)16-2)5-10(8)7-14/h4-5,7H,3H2,1-2H3. The number of esters is 1. The van der Waals surface area contributed by atoms with Gasteiger partial charge < -0.3 is 4.74 Å². The van der Waals surface area contributed by atoms with Crippen molar-refractivity contribution >= 4 is 12.3 Å². The minimum atomic E-state index is -0.609. The molecule has 0 atom stereocenters. The number of methoxy groups -OCH3 is 1. The smallest absolute Gasteiger partial charge is 0.339 e. The molecular weight excluding hydrogens is 206 g/mol. The van der Waals surface area contributed by atoms with Crippen LogP contribution in [0.5, 0.6) is 0 Å². The summed E-state index contributed by atoms with van der Waals surface area (Å²) >= 11 is 0. The number of nitrogens with zero attached hydrogens (tertiary/aromatic N) is 1. The van der Waals surface area contributed by atoms with Gasteiger partial charge >= 0.3 is 5.97 Å². The molecule has 0 fully saturated rings. The molecule has 0 aliphatic rings. The lowest BCUT2D eigenvalue weighted by atomic mass is 9.98. The summed E-state index contributed by atoms with van der Waals surface area (Å²) < 4.78 is 4.55. The number of hydrogen-bond acceptors (Lipinski definition) is 4. The first-order valence-electron chi connectivity index (χ1n) is 4.78.